The van der Waals surface area contributed by atoms with Crippen LogP contribution in [0.2, 0.25) is 0 Å². The van der Waals surface area contributed by atoms with E-state index in [1.807, 2.05) is 78.9 Å². The molecule has 5 rings (SSSR count). The molecule has 1 aliphatic heterocycles. The van der Waals surface area contributed by atoms with E-state index in [-0.39, 0.29) is 31.0 Å². The normalized spacial score (nSPS) is 14.0. The molecule has 11 nitrogen and oxygen atoms in total. The van der Waals surface area contributed by atoms with Crippen LogP contribution in [0.4, 0.5) is 4.79 Å². The van der Waals surface area contributed by atoms with Crippen LogP contribution in [0.25, 0.3) is 16.8 Å². The molecule has 2 N–H and O–H groups in total. The smallest absolute Gasteiger partial charge is 0.404 e. The number of carbonyl (C=O) groups excluding carboxylic acids is 3. The van der Waals surface area contributed by atoms with Gasteiger partial charge in [-0.1, -0.05) is 67.2 Å². The minimum Gasteiger partial charge on any atom is -0.493 e. The molecule has 0 radical (unpaired) electrons. The number of hydrogen-bond acceptors (Lipinski definition) is 10. The molecule has 0 saturated carbocycles. The largest absolute Gasteiger partial charge is 0.493 e. The van der Waals surface area contributed by atoms with E-state index in [2.05, 4.69) is 6.58 Å². The van der Waals surface area contributed by atoms with Gasteiger partial charge in [0.25, 0.3) is 0 Å². The van der Waals surface area contributed by atoms with E-state index >= 15 is 0 Å². The second kappa shape index (κ2) is 15.6. The molecule has 0 aromatic heterocycles. The number of esters is 2. The third kappa shape index (κ3) is 7.42. The van der Waals surface area contributed by atoms with Crippen molar-refractivity contribution < 1.29 is 47.5 Å². The number of primary amides is 1. The highest BCUT2D eigenvalue weighted by Crippen LogP contribution is 2.49. The summed E-state index contributed by atoms with van der Waals surface area (Å²) in [4.78, 5) is 37.2. The topological polar surface area (TPSA) is 142 Å². The molecule has 0 fully saturated rings. The fraction of sp³-hybridized carbons (Fsp3) is 0.256. The Morgan fingerprint density at radius 2 is 1.54 bits per heavy atom. The van der Waals surface area contributed by atoms with Crippen LogP contribution in [0.3, 0.4) is 0 Å². The third-order valence-electron chi connectivity index (χ3n) is 8.20. The second-order valence-corrected chi connectivity index (χ2v) is 11.5. The monoisotopic (exact) mass is 681 g/mol. The molecule has 0 saturated heterocycles. The van der Waals surface area contributed by atoms with Crippen LogP contribution in [0.1, 0.15) is 40.9 Å². The van der Waals surface area contributed by atoms with Gasteiger partial charge in [0, 0.05) is 33.0 Å². The van der Waals surface area contributed by atoms with Gasteiger partial charge in [0.2, 0.25) is 0 Å². The second-order valence-electron chi connectivity index (χ2n) is 11.5. The first kappa shape index (κ1) is 35.5. The van der Waals surface area contributed by atoms with Crippen LogP contribution in [-0.4, -0.2) is 64.3 Å². The first-order valence-electron chi connectivity index (χ1n) is 15.9. The Hall–Kier alpha value is -5.81. The number of ether oxygens (including phenoxy) is 7. The number of hydrogen-bond donors (Lipinski definition) is 1. The van der Waals surface area contributed by atoms with Crippen molar-refractivity contribution in [3.63, 3.8) is 0 Å². The molecule has 1 aliphatic rings. The quantitative estimate of drug-likeness (QED) is 0.0692. The van der Waals surface area contributed by atoms with Crippen molar-refractivity contribution in [2.45, 2.75) is 31.7 Å². The summed E-state index contributed by atoms with van der Waals surface area (Å²) < 4.78 is 40.0. The first-order valence-corrected chi connectivity index (χ1v) is 15.9. The van der Waals surface area contributed by atoms with Gasteiger partial charge in [-0.25, -0.2) is 14.4 Å². The molecule has 2 atom stereocenters. The maximum atomic E-state index is 13.8. The Morgan fingerprint density at radius 3 is 2.12 bits per heavy atom. The summed E-state index contributed by atoms with van der Waals surface area (Å²) in [6, 6.07) is 25.0. The van der Waals surface area contributed by atoms with Crippen LogP contribution < -0.4 is 19.9 Å². The zero-order chi connectivity index (χ0) is 35.8. The number of benzene rings is 4. The molecule has 260 valence electrons. The van der Waals surface area contributed by atoms with Crippen molar-refractivity contribution >= 4 is 34.9 Å². The predicted octanol–water partition coefficient (Wildman–Crippen LogP) is 6.35. The van der Waals surface area contributed by atoms with E-state index in [0.717, 1.165) is 11.1 Å². The summed E-state index contributed by atoms with van der Waals surface area (Å²) in [5.74, 6) is 0.0833. The highest BCUT2D eigenvalue weighted by Gasteiger charge is 2.39. The highest BCUT2D eigenvalue weighted by atomic mass is 16.6. The first-order chi connectivity index (χ1) is 24.1. The molecule has 50 heavy (non-hydrogen) atoms. The number of amides is 1. The standard InChI is InChI=1S/C39H39NO10/c1-24(2)36(41)48-25(3)33(49-38(40)43)23-46-20-21-47-37(42)31-22-30-28(16-17-32(44-4)35(30)45-5)34-29(31)18-19-39(50-34,26-12-8-6-9-13-26)27-14-10-7-11-15-27/h6-19,22,25,33H,1,20-21,23H2,2-5H3,(H2,40,43). The lowest BCUT2D eigenvalue weighted by atomic mass is 9.82. The maximum absolute atomic E-state index is 13.8. The minimum absolute atomic E-state index is 0.0596. The van der Waals surface area contributed by atoms with Crippen molar-refractivity contribution in [2.24, 2.45) is 5.73 Å². The fourth-order valence-corrected chi connectivity index (χ4v) is 5.70. The molecular formula is C39H39NO10. The number of carbonyl (C=O) groups is 3. The fourth-order valence-electron chi connectivity index (χ4n) is 5.70. The molecule has 0 spiro atoms. The van der Waals surface area contributed by atoms with Crippen LogP contribution in [0.15, 0.2) is 97.1 Å². The summed E-state index contributed by atoms with van der Waals surface area (Å²) in [6.45, 7) is 6.19. The summed E-state index contributed by atoms with van der Waals surface area (Å²) in [5, 5.41) is 1.30. The number of fused-ring (bicyclic) bond motifs is 3. The van der Waals surface area contributed by atoms with Gasteiger partial charge in [0.05, 0.1) is 33.0 Å². The predicted molar refractivity (Wildman–Crippen MR) is 186 cm³/mol. The van der Waals surface area contributed by atoms with Crippen molar-refractivity contribution in [1.29, 1.82) is 0 Å². The Balaban J connectivity index is 1.44. The SMILES string of the molecule is C=C(C)C(=O)OC(C)C(COCCOC(=O)c1cc2c(OC)c(OC)ccc2c2c1C=CC(c1ccccc1)(c1ccccc1)O2)OC(N)=O. The van der Waals surface area contributed by atoms with Gasteiger partial charge >= 0.3 is 18.0 Å². The zero-order valence-electron chi connectivity index (χ0n) is 28.3. The average molecular weight is 682 g/mol. The Kier molecular flexibility index (Phi) is 11.1. The lowest BCUT2D eigenvalue weighted by Gasteiger charge is -2.37. The van der Waals surface area contributed by atoms with Gasteiger partial charge < -0.3 is 38.9 Å². The summed E-state index contributed by atoms with van der Waals surface area (Å²) in [5.41, 5.74) is 6.93. The summed E-state index contributed by atoms with van der Waals surface area (Å²) in [7, 11) is 3.07. The third-order valence-corrected chi connectivity index (χ3v) is 8.20. The lowest BCUT2D eigenvalue weighted by Crippen LogP contribution is -2.38. The van der Waals surface area contributed by atoms with E-state index in [4.69, 9.17) is 38.9 Å². The van der Waals surface area contributed by atoms with Crippen LogP contribution >= 0.6 is 0 Å². The van der Waals surface area contributed by atoms with Gasteiger partial charge in [-0.05, 0) is 44.2 Å². The average Bonchev–Trinajstić information content (AvgIpc) is 3.13. The van der Waals surface area contributed by atoms with Gasteiger partial charge in [0.1, 0.15) is 18.5 Å². The van der Waals surface area contributed by atoms with Gasteiger partial charge in [-0.15, -0.1) is 0 Å². The molecule has 4 aromatic carbocycles. The van der Waals surface area contributed by atoms with Crippen molar-refractivity contribution in [3.8, 4) is 17.2 Å². The van der Waals surface area contributed by atoms with Crippen LogP contribution in [0, 0.1) is 0 Å². The zero-order valence-corrected chi connectivity index (χ0v) is 28.3. The maximum Gasteiger partial charge on any atom is 0.404 e. The number of nitrogens with two attached hydrogens (primary N) is 1. The van der Waals surface area contributed by atoms with E-state index in [1.54, 1.807) is 12.1 Å². The molecule has 0 bridgehead atoms. The van der Waals surface area contributed by atoms with E-state index < -0.39 is 35.8 Å². The minimum atomic E-state index is -1.06. The number of methoxy groups -OCH3 is 2. The van der Waals surface area contributed by atoms with Gasteiger partial charge in [-0.3, -0.25) is 0 Å². The van der Waals surface area contributed by atoms with Crippen LogP contribution in [0.5, 0.6) is 17.2 Å². The van der Waals surface area contributed by atoms with E-state index in [0.29, 0.717) is 33.6 Å². The Morgan fingerprint density at radius 1 is 0.880 bits per heavy atom. The van der Waals surface area contributed by atoms with Gasteiger partial charge in [0.15, 0.2) is 23.2 Å². The Bertz CT molecular complexity index is 1870. The molecule has 11 heteroatoms. The summed E-state index contributed by atoms with van der Waals surface area (Å²) >= 11 is 0. The Labute approximate surface area is 290 Å². The number of rotatable bonds is 14. The lowest BCUT2D eigenvalue weighted by molar-refractivity contribution is -0.151. The van der Waals surface area contributed by atoms with Crippen molar-refractivity contribution in [2.75, 3.05) is 34.0 Å². The summed E-state index contributed by atoms with van der Waals surface area (Å²) in [6.07, 6.45) is 0.874. The molecule has 2 unspecified atom stereocenters. The van der Waals surface area contributed by atoms with E-state index in [1.165, 1.54) is 28.1 Å². The van der Waals surface area contributed by atoms with Gasteiger partial charge in [-0.2, -0.15) is 0 Å². The van der Waals surface area contributed by atoms with Crippen molar-refractivity contribution in [3.05, 3.63) is 119 Å². The van der Waals surface area contributed by atoms with E-state index in [9.17, 15) is 14.4 Å². The molecular weight excluding hydrogens is 642 g/mol. The molecule has 1 amide bonds. The molecule has 1 heterocycles. The van der Waals surface area contributed by atoms with Crippen LogP contribution in [-0.2, 0) is 29.3 Å². The van der Waals surface area contributed by atoms with Crippen molar-refractivity contribution in [1.82, 2.24) is 0 Å². The highest BCUT2D eigenvalue weighted by molar-refractivity contribution is 6.06. The molecule has 0 aliphatic carbocycles. The molecule has 4 aromatic rings.